The molecular weight excluding hydrogens is 308 g/mol. The van der Waals surface area contributed by atoms with Gasteiger partial charge < -0.3 is 15.8 Å². The Balaban J connectivity index is 2.33. The minimum Gasteiger partial charge on any atom is -0.476 e. The Labute approximate surface area is 120 Å². The maximum Gasteiger partial charge on any atom is 0.242 e. The Morgan fingerprint density at radius 1 is 1.37 bits per heavy atom. The molecule has 0 saturated heterocycles. The van der Waals surface area contributed by atoms with Gasteiger partial charge in [0.05, 0.1) is 6.61 Å². The van der Waals surface area contributed by atoms with Crippen molar-refractivity contribution < 1.29 is 4.74 Å². The van der Waals surface area contributed by atoms with Crippen molar-refractivity contribution >= 4 is 33.1 Å². The maximum atomic E-state index is 5.98. The highest BCUT2D eigenvalue weighted by Gasteiger charge is 2.10. The van der Waals surface area contributed by atoms with Gasteiger partial charge >= 0.3 is 0 Å². The predicted molar refractivity (Wildman–Crippen MR) is 79.8 cm³/mol. The predicted octanol–water partition coefficient (Wildman–Crippen LogP) is 3.27. The number of nitrogens with one attached hydrogen (secondary N) is 1. The molecule has 2 aromatic rings. The number of benzene rings is 1. The Morgan fingerprint density at radius 3 is 2.89 bits per heavy atom. The Hall–Kier alpha value is -1.82. The number of halogens is 1. The molecule has 6 heteroatoms. The van der Waals surface area contributed by atoms with E-state index in [0.717, 1.165) is 15.7 Å². The van der Waals surface area contributed by atoms with E-state index in [9.17, 15) is 0 Å². The summed E-state index contributed by atoms with van der Waals surface area (Å²) in [5.41, 5.74) is 8.40. The standard InChI is InChI=1S/C13H15BrN4O/c1-3-19-13-11(15)12(16-7-17-13)18-10-6-4-5-9(14)8(10)2/h4-7H,3,15H2,1-2H3,(H,16,17,18). The van der Waals surface area contributed by atoms with Crippen LogP contribution in [0.25, 0.3) is 0 Å². The van der Waals surface area contributed by atoms with E-state index in [1.165, 1.54) is 6.33 Å². The van der Waals surface area contributed by atoms with Crippen LogP contribution < -0.4 is 15.8 Å². The van der Waals surface area contributed by atoms with Gasteiger partial charge in [-0.05, 0) is 31.5 Å². The third-order valence-corrected chi connectivity index (χ3v) is 3.51. The largest absolute Gasteiger partial charge is 0.476 e. The summed E-state index contributed by atoms with van der Waals surface area (Å²) >= 11 is 3.49. The number of nitrogens with two attached hydrogens (primary N) is 1. The number of ether oxygens (including phenoxy) is 1. The highest BCUT2D eigenvalue weighted by atomic mass is 79.9. The number of aromatic nitrogens is 2. The van der Waals surface area contributed by atoms with Gasteiger partial charge in [-0.3, -0.25) is 0 Å². The second kappa shape index (κ2) is 5.88. The van der Waals surface area contributed by atoms with E-state index in [0.29, 0.717) is 24.0 Å². The second-order valence-electron chi connectivity index (χ2n) is 3.91. The van der Waals surface area contributed by atoms with Crippen molar-refractivity contribution in [1.82, 2.24) is 9.97 Å². The molecule has 0 aliphatic rings. The van der Waals surface area contributed by atoms with Crippen molar-refractivity contribution in [2.45, 2.75) is 13.8 Å². The number of nitrogen functional groups attached to an aromatic ring is 1. The monoisotopic (exact) mass is 322 g/mol. The molecule has 19 heavy (non-hydrogen) atoms. The molecule has 0 spiro atoms. The van der Waals surface area contributed by atoms with Crippen LogP contribution in [-0.2, 0) is 0 Å². The highest BCUT2D eigenvalue weighted by molar-refractivity contribution is 9.10. The second-order valence-corrected chi connectivity index (χ2v) is 4.77. The highest BCUT2D eigenvalue weighted by Crippen LogP contribution is 2.30. The molecule has 0 aliphatic heterocycles. The maximum absolute atomic E-state index is 5.98. The molecule has 0 saturated carbocycles. The molecule has 0 radical (unpaired) electrons. The van der Waals surface area contributed by atoms with E-state index in [1.54, 1.807) is 0 Å². The number of anilines is 3. The summed E-state index contributed by atoms with van der Waals surface area (Å²) in [6.45, 7) is 4.40. The molecule has 0 atom stereocenters. The lowest BCUT2D eigenvalue weighted by Crippen LogP contribution is -2.05. The van der Waals surface area contributed by atoms with Crippen LogP contribution in [0.1, 0.15) is 12.5 Å². The summed E-state index contributed by atoms with van der Waals surface area (Å²) in [5, 5.41) is 3.19. The Kier molecular flexibility index (Phi) is 4.21. The van der Waals surface area contributed by atoms with Crippen molar-refractivity contribution in [2.24, 2.45) is 0 Å². The minimum absolute atomic E-state index is 0.396. The molecule has 0 bridgehead atoms. The Morgan fingerprint density at radius 2 is 2.16 bits per heavy atom. The Bertz CT molecular complexity index is 589. The van der Waals surface area contributed by atoms with Crippen molar-refractivity contribution in [3.8, 4) is 5.88 Å². The fourth-order valence-corrected chi connectivity index (χ4v) is 1.97. The van der Waals surface area contributed by atoms with Gasteiger partial charge in [0.2, 0.25) is 5.88 Å². The van der Waals surface area contributed by atoms with E-state index >= 15 is 0 Å². The van der Waals surface area contributed by atoms with Gasteiger partial charge in [-0.25, -0.2) is 4.98 Å². The first-order chi connectivity index (χ1) is 9.13. The number of rotatable bonds is 4. The molecule has 1 heterocycles. The molecule has 0 unspecified atom stereocenters. The van der Waals surface area contributed by atoms with Crippen LogP contribution in [0.2, 0.25) is 0 Å². The first-order valence-electron chi connectivity index (χ1n) is 5.89. The number of nitrogens with zero attached hydrogens (tertiary/aromatic N) is 2. The molecule has 100 valence electrons. The topological polar surface area (TPSA) is 73.1 Å². The zero-order chi connectivity index (χ0) is 13.8. The van der Waals surface area contributed by atoms with Gasteiger partial charge in [0.1, 0.15) is 12.0 Å². The lowest BCUT2D eigenvalue weighted by atomic mass is 10.2. The van der Waals surface area contributed by atoms with Gasteiger partial charge in [0, 0.05) is 10.2 Å². The summed E-state index contributed by atoms with van der Waals surface area (Å²) in [6.07, 6.45) is 1.43. The summed E-state index contributed by atoms with van der Waals surface area (Å²) in [6, 6.07) is 5.89. The lowest BCUT2D eigenvalue weighted by Gasteiger charge is -2.13. The van der Waals surface area contributed by atoms with Gasteiger partial charge in [0.15, 0.2) is 5.82 Å². The molecule has 1 aromatic heterocycles. The van der Waals surface area contributed by atoms with Crippen molar-refractivity contribution in [2.75, 3.05) is 17.7 Å². The summed E-state index contributed by atoms with van der Waals surface area (Å²) in [7, 11) is 0. The van der Waals surface area contributed by atoms with Crippen LogP contribution in [0.3, 0.4) is 0 Å². The SMILES string of the molecule is CCOc1ncnc(Nc2cccc(Br)c2C)c1N. The van der Waals surface area contributed by atoms with E-state index < -0.39 is 0 Å². The zero-order valence-corrected chi connectivity index (χ0v) is 12.4. The molecule has 2 rings (SSSR count). The van der Waals surface area contributed by atoms with E-state index in [-0.39, 0.29) is 0 Å². The van der Waals surface area contributed by atoms with Crippen LogP contribution in [0.15, 0.2) is 29.0 Å². The van der Waals surface area contributed by atoms with Gasteiger partial charge in [-0.2, -0.15) is 4.98 Å². The summed E-state index contributed by atoms with van der Waals surface area (Å²) in [4.78, 5) is 8.15. The molecule has 0 amide bonds. The van der Waals surface area contributed by atoms with Gasteiger partial charge in [0.25, 0.3) is 0 Å². The first kappa shape index (κ1) is 13.6. The molecule has 3 N–H and O–H groups in total. The van der Waals surface area contributed by atoms with Crippen LogP contribution in [0.4, 0.5) is 17.2 Å². The van der Waals surface area contributed by atoms with Gasteiger partial charge in [-0.1, -0.05) is 22.0 Å². The average molecular weight is 323 g/mol. The molecule has 5 nitrogen and oxygen atoms in total. The fourth-order valence-electron chi connectivity index (χ4n) is 1.60. The quantitative estimate of drug-likeness (QED) is 0.903. The smallest absolute Gasteiger partial charge is 0.242 e. The van der Waals surface area contributed by atoms with E-state index in [2.05, 4.69) is 31.2 Å². The number of hydrogen-bond acceptors (Lipinski definition) is 5. The van der Waals surface area contributed by atoms with E-state index in [4.69, 9.17) is 10.5 Å². The minimum atomic E-state index is 0.396. The van der Waals surface area contributed by atoms with E-state index in [1.807, 2.05) is 32.0 Å². The summed E-state index contributed by atoms with van der Waals surface area (Å²) < 4.78 is 6.37. The molecule has 0 aliphatic carbocycles. The number of hydrogen-bond donors (Lipinski definition) is 2. The van der Waals surface area contributed by atoms with Crippen LogP contribution in [0.5, 0.6) is 5.88 Å². The fraction of sp³-hybridized carbons (Fsp3) is 0.231. The van der Waals surface area contributed by atoms with Crippen molar-refractivity contribution in [3.05, 3.63) is 34.6 Å². The lowest BCUT2D eigenvalue weighted by molar-refractivity contribution is 0.328. The zero-order valence-electron chi connectivity index (χ0n) is 10.8. The third-order valence-electron chi connectivity index (χ3n) is 2.65. The normalized spacial score (nSPS) is 10.3. The van der Waals surface area contributed by atoms with Gasteiger partial charge in [-0.15, -0.1) is 0 Å². The molecular formula is C13H15BrN4O. The van der Waals surface area contributed by atoms with Crippen LogP contribution in [0, 0.1) is 6.92 Å². The van der Waals surface area contributed by atoms with Crippen molar-refractivity contribution in [1.29, 1.82) is 0 Å². The molecule has 1 aromatic carbocycles. The van der Waals surface area contributed by atoms with Crippen LogP contribution >= 0.6 is 15.9 Å². The summed E-state index contributed by atoms with van der Waals surface area (Å²) in [5.74, 6) is 0.937. The third kappa shape index (κ3) is 2.96. The molecule has 0 fully saturated rings. The van der Waals surface area contributed by atoms with Crippen LogP contribution in [-0.4, -0.2) is 16.6 Å². The van der Waals surface area contributed by atoms with Crippen molar-refractivity contribution in [3.63, 3.8) is 0 Å². The first-order valence-corrected chi connectivity index (χ1v) is 6.68. The average Bonchev–Trinajstić information content (AvgIpc) is 2.40.